The summed E-state index contributed by atoms with van der Waals surface area (Å²) in [5.41, 5.74) is 0. The SMILES string of the molecule is O=NSOS. The van der Waals surface area contributed by atoms with E-state index < -0.39 is 0 Å². The predicted molar refractivity (Wildman–Crippen MR) is 23.5 cm³/mol. The molecule has 0 heterocycles. The van der Waals surface area contributed by atoms with Gasteiger partial charge >= 0.3 is 0 Å². The Bertz CT molecular complexity index is 28.8. The lowest BCUT2D eigenvalue weighted by atomic mass is 13.7. The minimum absolute atomic E-state index is 0.397. The molecular weight excluding hydrogens is 110 g/mol. The zero-order chi connectivity index (χ0) is 4.12. The highest BCUT2D eigenvalue weighted by atomic mass is 32.2. The first-order valence-corrected chi connectivity index (χ1v) is 1.78. The van der Waals surface area contributed by atoms with Gasteiger partial charge in [-0.2, -0.15) is 0 Å². The van der Waals surface area contributed by atoms with Crippen LogP contribution in [0.3, 0.4) is 0 Å². The Balaban J connectivity index is 2.40. The first-order valence-electron chi connectivity index (χ1n) is 0.714. The second-order valence-electron chi connectivity index (χ2n) is 0.224. The van der Waals surface area contributed by atoms with E-state index in [2.05, 4.69) is 21.1 Å². The van der Waals surface area contributed by atoms with E-state index in [0.717, 1.165) is 0 Å². The average molecular weight is 111 g/mol. The minimum atomic E-state index is 0.397. The lowest BCUT2D eigenvalue weighted by Crippen LogP contribution is -1.38. The van der Waals surface area contributed by atoms with Crippen LogP contribution in [0.15, 0.2) is 4.58 Å². The lowest BCUT2D eigenvalue weighted by Gasteiger charge is -1.68. The normalized spacial score (nSPS) is 7.40. The molecule has 0 rings (SSSR count). The molecule has 0 aliphatic carbocycles. The molecule has 0 radical (unpaired) electrons. The standard InChI is InChI=1S/HNO2S2/c2-1-5-3-4/h4H. The molecule has 0 saturated carbocycles. The highest BCUT2D eigenvalue weighted by Gasteiger charge is 1.68. The summed E-state index contributed by atoms with van der Waals surface area (Å²) in [5, 5.41) is 0. The number of nitroso groups, excluding NO2 is 1. The Labute approximate surface area is 39.0 Å². The van der Waals surface area contributed by atoms with Crippen LogP contribution < -0.4 is 0 Å². The maximum Gasteiger partial charge on any atom is 0.194 e. The summed E-state index contributed by atoms with van der Waals surface area (Å²) < 4.78 is 6.05. The van der Waals surface area contributed by atoms with E-state index >= 15 is 0 Å². The highest BCUT2D eigenvalue weighted by Crippen LogP contribution is 2.02. The summed E-state index contributed by atoms with van der Waals surface area (Å²) in [7, 11) is 0. The summed E-state index contributed by atoms with van der Waals surface area (Å²) >= 11 is 3.57. The van der Waals surface area contributed by atoms with Gasteiger partial charge in [0, 0.05) is 4.58 Å². The molecule has 0 aromatic heterocycles. The van der Waals surface area contributed by atoms with Crippen molar-refractivity contribution in [3.05, 3.63) is 4.91 Å². The molecule has 5 heteroatoms. The topological polar surface area (TPSA) is 38.7 Å². The lowest BCUT2D eigenvalue weighted by molar-refractivity contribution is 0.775. The van der Waals surface area contributed by atoms with E-state index in [1.807, 2.05) is 0 Å². The van der Waals surface area contributed by atoms with Gasteiger partial charge in [0.05, 0.1) is 0 Å². The van der Waals surface area contributed by atoms with Gasteiger partial charge < -0.3 is 0 Å². The van der Waals surface area contributed by atoms with Crippen LogP contribution >= 0.6 is 25.1 Å². The van der Waals surface area contributed by atoms with E-state index in [0.29, 0.717) is 12.2 Å². The monoisotopic (exact) mass is 111 g/mol. The van der Waals surface area contributed by atoms with Gasteiger partial charge in [0.15, 0.2) is 12.2 Å². The quantitative estimate of drug-likeness (QED) is 0.251. The summed E-state index contributed by atoms with van der Waals surface area (Å²) in [4.78, 5) is 8.94. The van der Waals surface area contributed by atoms with Crippen LogP contribution in [0.2, 0.25) is 0 Å². The van der Waals surface area contributed by atoms with Gasteiger partial charge in [0.1, 0.15) is 0 Å². The van der Waals surface area contributed by atoms with Gasteiger partial charge in [0.2, 0.25) is 0 Å². The van der Waals surface area contributed by atoms with Crippen LogP contribution in [0.4, 0.5) is 0 Å². The van der Waals surface area contributed by atoms with Crippen molar-refractivity contribution in [2.45, 2.75) is 0 Å². The molecule has 0 unspecified atom stereocenters. The molecule has 0 N–H and O–H groups in total. The van der Waals surface area contributed by atoms with Gasteiger partial charge in [0.25, 0.3) is 0 Å². The fourth-order valence-electron chi connectivity index (χ4n) is 0.0136. The van der Waals surface area contributed by atoms with Crippen molar-refractivity contribution in [2.75, 3.05) is 0 Å². The van der Waals surface area contributed by atoms with Crippen molar-refractivity contribution < 1.29 is 3.63 Å². The van der Waals surface area contributed by atoms with Crippen molar-refractivity contribution >= 4 is 25.1 Å². The van der Waals surface area contributed by atoms with Crippen molar-refractivity contribution in [1.82, 2.24) is 0 Å². The van der Waals surface area contributed by atoms with Crippen molar-refractivity contribution in [1.29, 1.82) is 0 Å². The van der Waals surface area contributed by atoms with Crippen LogP contribution in [0.25, 0.3) is 0 Å². The maximum atomic E-state index is 8.94. The Morgan fingerprint density at radius 3 is 2.60 bits per heavy atom. The molecule has 0 amide bonds. The smallest absolute Gasteiger partial charge is 0.194 e. The van der Waals surface area contributed by atoms with Gasteiger partial charge in [-0.05, 0) is 12.9 Å². The molecule has 0 atom stereocenters. The largest absolute Gasteiger partial charge is 0.224 e. The van der Waals surface area contributed by atoms with E-state index in [1.165, 1.54) is 0 Å². The summed E-state index contributed by atoms with van der Waals surface area (Å²) in [6, 6.07) is 0. The summed E-state index contributed by atoms with van der Waals surface area (Å²) in [6.07, 6.45) is 0. The first-order chi connectivity index (χ1) is 2.41. The number of hydrogen-bond acceptors (Lipinski definition) is 5. The first kappa shape index (κ1) is 5.26. The molecule has 0 aliphatic heterocycles. The van der Waals surface area contributed by atoms with Crippen LogP contribution in [0.5, 0.6) is 0 Å². The van der Waals surface area contributed by atoms with E-state index in [1.54, 1.807) is 0 Å². The molecule has 0 aromatic rings. The van der Waals surface area contributed by atoms with E-state index in [-0.39, 0.29) is 0 Å². The van der Waals surface area contributed by atoms with Gasteiger partial charge in [-0.1, -0.05) is 0 Å². The Kier molecular flexibility index (Phi) is 4.48. The molecule has 0 aliphatic rings. The maximum absolute atomic E-state index is 8.94. The Morgan fingerprint density at radius 1 is 2.00 bits per heavy atom. The minimum Gasteiger partial charge on any atom is -0.224 e. The fourth-order valence-corrected chi connectivity index (χ4v) is 0.122. The molecule has 0 aromatic carbocycles. The van der Waals surface area contributed by atoms with Crippen LogP contribution in [0, 0.1) is 4.91 Å². The zero-order valence-electron chi connectivity index (χ0n) is 2.12. The van der Waals surface area contributed by atoms with E-state index in [4.69, 9.17) is 4.91 Å². The molecule has 0 saturated heterocycles. The summed E-state index contributed by atoms with van der Waals surface area (Å²) in [5.74, 6) is 0. The number of rotatable bonds is 2. The molecule has 0 spiro atoms. The van der Waals surface area contributed by atoms with Gasteiger partial charge in [-0.3, -0.25) is 0 Å². The van der Waals surface area contributed by atoms with Crippen molar-refractivity contribution in [3.8, 4) is 0 Å². The summed E-state index contributed by atoms with van der Waals surface area (Å²) in [6.45, 7) is 0. The molecule has 0 bridgehead atoms. The third kappa shape index (κ3) is 4.26. The van der Waals surface area contributed by atoms with Crippen LogP contribution in [-0.4, -0.2) is 0 Å². The molecule has 5 heavy (non-hydrogen) atoms. The highest BCUT2D eigenvalue weighted by molar-refractivity contribution is 8.00. The predicted octanol–water partition coefficient (Wildman–Crippen LogP) is 1.18. The molecule has 0 fully saturated rings. The van der Waals surface area contributed by atoms with Crippen LogP contribution in [-0.2, 0) is 3.63 Å². The molecule has 3 nitrogen and oxygen atoms in total. The number of nitrogens with zero attached hydrogens (tertiary/aromatic N) is 1. The Hall–Kier alpha value is 0.260. The number of hydrogen-bond donors (Lipinski definition) is 1. The average Bonchev–Trinajstić information content (AvgIpc) is 1.41. The molecule has 30 valence electrons. The molecular formula is HNO2S2. The number of thiol groups is 1. The second kappa shape index (κ2) is 4.26. The third-order valence-electron chi connectivity index (χ3n) is 0.0638. The van der Waals surface area contributed by atoms with Crippen LogP contribution in [0.1, 0.15) is 0 Å². The van der Waals surface area contributed by atoms with Gasteiger partial charge in [-0.15, -0.1) is 4.91 Å². The zero-order valence-corrected chi connectivity index (χ0v) is 3.83. The van der Waals surface area contributed by atoms with Crippen molar-refractivity contribution in [3.63, 3.8) is 0 Å². The Morgan fingerprint density at radius 2 is 2.60 bits per heavy atom. The van der Waals surface area contributed by atoms with Crippen molar-refractivity contribution in [2.24, 2.45) is 4.58 Å². The second-order valence-corrected chi connectivity index (χ2v) is 1.12. The third-order valence-corrected chi connectivity index (χ3v) is 0.391. The van der Waals surface area contributed by atoms with E-state index in [9.17, 15) is 0 Å². The van der Waals surface area contributed by atoms with Gasteiger partial charge in [-0.25, -0.2) is 3.63 Å². The fraction of sp³-hybridized carbons (Fsp3) is 0.